The zero-order chi connectivity index (χ0) is 16.7. The molecule has 1 saturated heterocycles. The summed E-state index contributed by atoms with van der Waals surface area (Å²) in [6.07, 6.45) is 2.70. The fourth-order valence-corrected chi connectivity index (χ4v) is 3.20. The zero-order valence-electron chi connectivity index (χ0n) is 15.1. The highest BCUT2D eigenvalue weighted by molar-refractivity contribution is 5.79. The van der Waals surface area contributed by atoms with Gasteiger partial charge in [-0.25, -0.2) is 0 Å². The predicted octanol–water partition coefficient (Wildman–Crippen LogP) is 2.99. The number of rotatable bonds is 5. The van der Waals surface area contributed by atoms with Gasteiger partial charge in [-0.2, -0.15) is 0 Å². The van der Waals surface area contributed by atoms with Gasteiger partial charge in [0.25, 0.3) is 0 Å². The number of hydrogen-bond acceptors (Lipinski definition) is 2. The van der Waals surface area contributed by atoms with E-state index in [0.29, 0.717) is 6.04 Å². The van der Waals surface area contributed by atoms with Gasteiger partial charge in [0.15, 0.2) is 5.96 Å². The number of piperidine rings is 1. The molecule has 1 aliphatic heterocycles. The van der Waals surface area contributed by atoms with Crippen molar-refractivity contribution in [3.05, 3.63) is 35.4 Å². The molecule has 1 unspecified atom stereocenters. The van der Waals surface area contributed by atoms with E-state index < -0.39 is 0 Å². The van der Waals surface area contributed by atoms with Crippen molar-refractivity contribution in [2.75, 3.05) is 20.1 Å². The van der Waals surface area contributed by atoms with Gasteiger partial charge in [-0.15, -0.1) is 0 Å². The molecule has 1 aromatic carbocycles. The molecule has 0 aromatic heterocycles. The van der Waals surface area contributed by atoms with Gasteiger partial charge in [-0.3, -0.25) is 9.89 Å². The fourth-order valence-electron chi connectivity index (χ4n) is 3.20. The van der Waals surface area contributed by atoms with Crippen LogP contribution in [0, 0.1) is 5.92 Å². The van der Waals surface area contributed by atoms with Crippen LogP contribution in [0.1, 0.15) is 44.7 Å². The summed E-state index contributed by atoms with van der Waals surface area (Å²) in [7, 11) is 1.82. The Balaban J connectivity index is 1.97. The first-order valence-corrected chi connectivity index (χ1v) is 8.84. The van der Waals surface area contributed by atoms with E-state index >= 15 is 0 Å². The third-order valence-electron chi connectivity index (χ3n) is 4.35. The number of benzene rings is 1. The molecular formula is C19H32N4. The van der Waals surface area contributed by atoms with Crippen molar-refractivity contribution in [2.45, 2.75) is 52.7 Å². The largest absolute Gasteiger partial charge is 0.354 e. The third kappa shape index (κ3) is 5.87. The number of aliphatic imine (C=N–C) groups is 1. The number of nitrogens with zero attached hydrogens (tertiary/aromatic N) is 2. The minimum Gasteiger partial charge on any atom is -0.354 e. The van der Waals surface area contributed by atoms with Crippen molar-refractivity contribution in [1.82, 2.24) is 15.5 Å². The van der Waals surface area contributed by atoms with Gasteiger partial charge in [0.05, 0.1) is 0 Å². The average molecular weight is 316 g/mol. The second-order valence-corrected chi connectivity index (χ2v) is 6.98. The maximum Gasteiger partial charge on any atom is 0.191 e. The van der Waals surface area contributed by atoms with Crippen molar-refractivity contribution >= 4 is 5.96 Å². The number of guanidine groups is 1. The molecule has 4 heteroatoms. The van der Waals surface area contributed by atoms with Gasteiger partial charge in [-0.1, -0.05) is 31.2 Å². The Kier molecular flexibility index (Phi) is 6.90. The van der Waals surface area contributed by atoms with Crippen LogP contribution in [0.5, 0.6) is 0 Å². The highest BCUT2D eigenvalue weighted by atomic mass is 15.2. The molecule has 2 N–H and O–H groups in total. The molecule has 0 amide bonds. The van der Waals surface area contributed by atoms with Crippen molar-refractivity contribution in [3.63, 3.8) is 0 Å². The molecule has 1 aliphatic rings. The van der Waals surface area contributed by atoms with Crippen LogP contribution >= 0.6 is 0 Å². The van der Waals surface area contributed by atoms with E-state index in [2.05, 4.69) is 65.6 Å². The van der Waals surface area contributed by atoms with Crippen LogP contribution in [0.3, 0.4) is 0 Å². The number of nitrogens with one attached hydrogen (secondary N) is 2. The lowest BCUT2D eigenvalue weighted by Crippen LogP contribution is -2.40. The van der Waals surface area contributed by atoms with Crippen LogP contribution in [-0.2, 0) is 13.1 Å². The molecule has 128 valence electrons. The first-order chi connectivity index (χ1) is 11.1. The van der Waals surface area contributed by atoms with Crippen LogP contribution in [0.2, 0.25) is 0 Å². The lowest BCUT2D eigenvalue weighted by molar-refractivity contribution is 0.176. The summed E-state index contributed by atoms with van der Waals surface area (Å²) in [5.74, 6) is 1.68. The van der Waals surface area contributed by atoms with Crippen LogP contribution < -0.4 is 10.6 Å². The first kappa shape index (κ1) is 17.8. The first-order valence-electron chi connectivity index (χ1n) is 8.84. The van der Waals surface area contributed by atoms with Gasteiger partial charge in [0.2, 0.25) is 0 Å². The topological polar surface area (TPSA) is 39.7 Å². The Morgan fingerprint density at radius 1 is 1.30 bits per heavy atom. The van der Waals surface area contributed by atoms with Gasteiger partial charge in [0.1, 0.15) is 0 Å². The maximum atomic E-state index is 4.28. The quantitative estimate of drug-likeness (QED) is 0.648. The smallest absolute Gasteiger partial charge is 0.191 e. The van der Waals surface area contributed by atoms with Gasteiger partial charge in [-0.05, 0) is 50.3 Å². The Morgan fingerprint density at radius 3 is 2.70 bits per heavy atom. The second-order valence-electron chi connectivity index (χ2n) is 6.98. The van der Waals surface area contributed by atoms with Crippen LogP contribution in [0.25, 0.3) is 0 Å². The summed E-state index contributed by atoms with van der Waals surface area (Å²) in [6, 6.07) is 9.13. The maximum absolute atomic E-state index is 4.28. The van der Waals surface area contributed by atoms with Crippen molar-refractivity contribution in [3.8, 4) is 0 Å². The molecule has 1 fully saturated rings. The lowest BCUT2D eigenvalue weighted by atomic mass is 9.99. The molecule has 4 nitrogen and oxygen atoms in total. The summed E-state index contributed by atoms with van der Waals surface area (Å²) < 4.78 is 0. The molecule has 0 radical (unpaired) electrons. The predicted molar refractivity (Wildman–Crippen MR) is 98.6 cm³/mol. The summed E-state index contributed by atoms with van der Waals surface area (Å²) in [4.78, 5) is 6.87. The molecule has 0 bridgehead atoms. The van der Waals surface area contributed by atoms with Crippen LogP contribution in [-0.4, -0.2) is 37.0 Å². The summed E-state index contributed by atoms with van der Waals surface area (Å²) in [5.41, 5.74) is 2.78. The van der Waals surface area contributed by atoms with E-state index in [9.17, 15) is 0 Å². The molecule has 0 aliphatic carbocycles. The Bertz CT molecular complexity index is 510. The molecule has 0 saturated carbocycles. The minimum atomic E-state index is 0.381. The van der Waals surface area contributed by atoms with Gasteiger partial charge in [0, 0.05) is 32.7 Å². The van der Waals surface area contributed by atoms with Crippen LogP contribution in [0.15, 0.2) is 29.3 Å². The second kappa shape index (κ2) is 8.92. The molecular weight excluding hydrogens is 284 g/mol. The Morgan fingerprint density at radius 2 is 2.04 bits per heavy atom. The lowest BCUT2D eigenvalue weighted by Gasteiger charge is -2.31. The standard InChI is InChI=1S/C19H32N4/c1-15(2)22-19(20-4)21-12-17-9-5-6-10-18(17)14-23-11-7-8-16(3)13-23/h5-6,9-10,15-16H,7-8,11-14H2,1-4H3,(H2,20,21,22). The molecule has 1 heterocycles. The Hall–Kier alpha value is -1.55. The van der Waals surface area contributed by atoms with Crippen molar-refractivity contribution < 1.29 is 0 Å². The summed E-state index contributed by atoms with van der Waals surface area (Å²) in [6.45, 7) is 10.9. The van der Waals surface area contributed by atoms with E-state index in [4.69, 9.17) is 0 Å². The van der Waals surface area contributed by atoms with E-state index in [1.54, 1.807) is 0 Å². The Labute approximate surface area is 141 Å². The normalized spacial score (nSPS) is 19.9. The van der Waals surface area contributed by atoms with Crippen molar-refractivity contribution in [1.29, 1.82) is 0 Å². The zero-order valence-corrected chi connectivity index (χ0v) is 15.1. The number of likely N-dealkylation sites (tertiary alicyclic amines) is 1. The van der Waals surface area contributed by atoms with Gasteiger partial charge < -0.3 is 10.6 Å². The van der Waals surface area contributed by atoms with E-state index in [-0.39, 0.29) is 0 Å². The fraction of sp³-hybridized carbons (Fsp3) is 0.632. The highest BCUT2D eigenvalue weighted by Crippen LogP contribution is 2.19. The molecule has 1 atom stereocenters. The van der Waals surface area contributed by atoms with E-state index in [1.807, 2.05) is 7.05 Å². The van der Waals surface area contributed by atoms with Gasteiger partial charge >= 0.3 is 0 Å². The van der Waals surface area contributed by atoms with E-state index in [1.165, 1.54) is 37.1 Å². The third-order valence-corrected chi connectivity index (χ3v) is 4.35. The van der Waals surface area contributed by atoms with Crippen molar-refractivity contribution in [2.24, 2.45) is 10.9 Å². The molecule has 2 rings (SSSR count). The minimum absolute atomic E-state index is 0.381. The average Bonchev–Trinajstić information content (AvgIpc) is 2.52. The number of hydrogen-bond donors (Lipinski definition) is 2. The summed E-state index contributed by atoms with van der Waals surface area (Å²) >= 11 is 0. The SMILES string of the molecule is CN=C(NCc1ccccc1CN1CCCC(C)C1)NC(C)C. The highest BCUT2D eigenvalue weighted by Gasteiger charge is 2.17. The molecule has 23 heavy (non-hydrogen) atoms. The van der Waals surface area contributed by atoms with E-state index in [0.717, 1.165) is 25.0 Å². The molecule has 0 spiro atoms. The monoisotopic (exact) mass is 316 g/mol. The van der Waals surface area contributed by atoms with Crippen LogP contribution in [0.4, 0.5) is 0 Å². The summed E-state index contributed by atoms with van der Waals surface area (Å²) in [5, 5.41) is 6.76. The molecule has 1 aromatic rings.